The summed E-state index contributed by atoms with van der Waals surface area (Å²) >= 11 is 0. The molecule has 0 fully saturated rings. The Hall–Kier alpha value is -2.29. The van der Waals surface area contributed by atoms with Gasteiger partial charge >= 0.3 is 0 Å². The molecule has 1 amide bonds. The number of aryl methyl sites for hydroxylation is 3. The fraction of sp³-hybridized carbons (Fsp3) is 0.409. The lowest BCUT2D eigenvalue weighted by atomic mass is 9.95. The molecule has 3 nitrogen and oxygen atoms in total. The SMILES string of the molecule is COc1cc(C)c(C(=O)N[C@H](C)c2cc(C)ccc2C)cc1C(C)C. The molecule has 0 heterocycles. The highest BCUT2D eigenvalue weighted by molar-refractivity contribution is 5.96. The third-order valence-electron chi connectivity index (χ3n) is 4.69. The fourth-order valence-corrected chi connectivity index (χ4v) is 3.15. The van der Waals surface area contributed by atoms with Crippen molar-refractivity contribution in [3.63, 3.8) is 0 Å². The second-order valence-corrected chi connectivity index (χ2v) is 7.12. The van der Waals surface area contributed by atoms with Crippen LogP contribution in [0.25, 0.3) is 0 Å². The Labute approximate surface area is 151 Å². The lowest BCUT2D eigenvalue weighted by Crippen LogP contribution is -2.28. The number of hydrogen-bond donors (Lipinski definition) is 1. The van der Waals surface area contributed by atoms with E-state index in [-0.39, 0.29) is 11.9 Å². The number of rotatable bonds is 5. The molecule has 0 bridgehead atoms. The number of nitrogens with one attached hydrogen (secondary N) is 1. The van der Waals surface area contributed by atoms with Gasteiger partial charge in [-0.1, -0.05) is 37.6 Å². The number of amides is 1. The largest absolute Gasteiger partial charge is 0.496 e. The van der Waals surface area contributed by atoms with Crippen molar-refractivity contribution in [3.05, 3.63) is 63.7 Å². The van der Waals surface area contributed by atoms with Crippen LogP contribution < -0.4 is 10.1 Å². The summed E-state index contributed by atoms with van der Waals surface area (Å²) in [7, 11) is 1.67. The highest BCUT2D eigenvalue weighted by Crippen LogP contribution is 2.30. The second kappa shape index (κ2) is 7.73. The maximum Gasteiger partial charge on any atom is 0.252 e. The third kappa shape index (κ3) is 4.22. The normalized spacial score (nSPS) is 12.2. The van der Waals surface area contributed by atoms with E-state index < -0.39 is 0 Å². The molecular formula is C22H29NO2. The van der Waals surface area contributed by atoms with Crippen molar-refractivity contribution in [3.8, 4) is 5.75 Å². The Kier molecular flexibility index (Phi) is 5.89. The number of carbonyl (C=O) groups excluding carboxylic acids is 1. The Morgan fingerprint density at radius 1 is 0.960 bits per heavy atom. The van der Waals surface area contributed by atoms with Gasteiger partial charge in [0, 0.05) is 5.56 Å². The van der Waals surface area contributed by atoms with Crippen LogP contribution in [0.1, 0.15) is 70.9 Å². The minimum Gasteiger partial charge on any atom is -0.496 e. The first kappa shape index (κ1) is 19.0. The molecule has 0 saturated heterocycles. The molecule has 0 unspecified atom stereocenters. The number of carbonyl (C=O) groups is 1. The number of methoxy groups -OCH3 is 1. The van der Waals surface area contributed by atoms with Crippen LogP contribution in [0, 0.1) is 20.8 Å². The van der Waals surface area contributed by atoms with Crippen LogP contribution in [-0.2, 0) is 0 Å². The number of hydrogen-bond acceptors (Lipinski definition) is 2. The monoisotopic (exact) mass is 339 g/mol. The average Bonchev–Trinajstić information content (AvgIpc) is 2.56. The summed E-state index contributed by atoms with van der Waals surface area (Å²) in [5.74, 6) is 1.08. The molecule has 0 spiro atoms. The van der Waals surface area contributed by atoms with Gasteiger partial charge in [0.1, 0.15) is 5.75 Å². The molecule has 0 aliphatic rings. The van der Waals surface area contributed by atoms with Crippen LogP contribution >= 0.6 is 0 Å². The Balaban J connectivity index is 2.31. The maximum absolute atomic E-state index is 12.9. The zero-order valence-electron chi connectivity index (χ0n) is 16.4. The molecule has 1 atom stereocenters. The standard InChI is InChI=1S/C22H29NO2/c1-13(2)18-12-20(16(5)11-21(18)25-7)22(24)23-17(6)19-10-14(3)8-9-15(19)4/h8-13,17H,1-7H3,(H,23,24)/t17-/m1/s1. The molecule has 3 heteroatoms. The lowest BCUT2D eigenvalue weighted by Gasteiger charge is -2.20. The van der Waals surface area contributed by atoms with E-state index >= 15 is 0 Å². The molecule has 2 aromatic rings. The van der Waals surface area contributed by atoms with E-state index in [2.05, 4.69) is 51.2 Å². The minimum absolute atomic E-state index is 0.0450. The van der Waals surface area contributed by atoms with Crippen LogP contribution in [0.3, 0.4) is 0 Å². The van der Waals surface area contributed by atoms with Crippen molar-refractivity contribution in [2.24, 2.45) is 0 Å². The molecule has 134 valence electrons. The first-order valence-corrected chi connectivity index (χ1v) is 8.81. The Bertz CT molecular complexity index is 778. The van der Waals surface area contributed by atoms with E-state index in [1.807, 2.05) is 26.0 Å². The molecule has 1 N–H and O–H groups in total. The zero-order chi connectivity index (χ0) is 18.7. The Morgan fingerprint density at radius 2 is 1.64 bits per heavy atom. The van der Waals surface area contributed by atoms with Gasteiger partial charge in [-0.15, -0.1) is 0 Å². The average molecular weight is 339 g/mol. The molecule has 0 aliphatic heterocycles. The summed E-state index contributed by atoms with van der Waals surface area (Å²) in [5, 5.41) is 3.15. The van der Waals surface area contributed by atoms with Gasteiger partial charge in [0.2, 0.25) is 0 Å². The second-order valence-electron chi connectivity index (χ2n) is 7.12. The first-order chi connectivity index (χ1) is 11.7. The lowest BCUT2D eigenvalue weighted by molar-refractivity contribution is 0.0939. The van der Waals surface area contributed by atoms with Crippen molar-refractivity contribution in [2.45, 2.75) is 53.5 Å². The van der Waals surface area contributed by atoms with Gasteiger partial charge in [0.25, 0.3) is 5.91 Å². The van der Waals surface area contributed by atoms with Crippen LogP contribution in [-0.4, -0.2) is 13.0 Å². The summed E-state index contributed by atoms with van der Waals surface area (Å²) in [6.07, 6.45) is 0. The van der Waals surface area contributed by atoms with Crippen molar-refractivity contribution < 1.29 is 9.53 Å². The van der Waals surface area contributed by atoms with E-state index in [0.717, 1.165) is 22.4 Å². The summed E-state index contributed by atoms with van der Waals surface area (Å²) < 4.78 is 5.47. The summed E-state index contributed by atoms with van der Waals surface area (Å²) in [4.78, 5) is 12.9. The van der Waals surface area contributed by atoms with Crippen LogP contribution in [0.4, 0.5) is 0 Å². The topological polar surface area (TPSA) is 38.3 Å². The summed E-state index contributed by atoms with van der Waals surface area (Å²) in [6.45, 7) is 12.3. The quantitative estimate of drug-likeness (QED) is 0.809. The highest BCUT2D eigenvalue weighted by Gasteiger charge is 2.18. The third-order valence-corrected chi connectivity index (χ3v) is 4.69. The molecule has 0 aliphatic carbocycles. The van der Waals surface area contributed by atoms with Gasteiger partial charge in [-0.25, -0.2) is 0 Å². The minimum atomic E-state index is -0.0459. The molecule has 0 aromatic heterocycles. The molecule has 0 saturated carbocycles. The van der Waals surface area contributed by atoms with Gasteiger partial charge in [-0.2, -0.15) is 0 Å². The molecule has 25 heavy (non-hydrogen) atoms. The molecule has 2 aromatic carbocycles. The van der Waals surface area contributed by atoms with Gasteiger partial charge < -0.3 is 10.1 Å². The van der Waals surface area contributed by atoms with Gasteiger partial charge in [0.15, 0.2) is 0 Å². The van der Waals surface area contributed by atoms with Crippen molar-refractivity contribution in [1.29, 1.82) is 0 Å². The van der Waals surface area contributed by atoms with E-state index in [0.29, 0.717) is 11.5 Å². The maximum atomic E-state index is 12.9. The molecule has 0 radical (unpaired) electrons. The van der Waals surface area contributed by atoms with Crippen LogP contribution in [0.5, 0.6) is 5.75 Å². The Morgan fingerprint density at radius 3 is 2.24 bits per heavy atom. The van der Waals surface area contributed by atoms with Gasteiger partial charge in [-0.05, 0) is 68.0 Å². The van der Waals surface area contributed by atoms with Crippen molar-refractivity contribution in [2.75, 3.05) is 7.11 Å². The van der Waals surface area contributed by atoms with Crippen molar-refractivity contribution >= 4 is 5.91 Å². The van der Waals surface area contributed by atoms with Crippen molar-refractivity contribution in [1.82, 2.24) is 5.32 Å². The van der Waals surface area contributed by atoms with E-state index in [1.54, 1.807) is 7.11 Å². The first-order valence-electron chi connectivity index (χ1n) is 8.81. The zero-order valence-corrected chi connectivity index (χ0v) is 16.4. The van der Waals surface area contributed by atoms with E-state index in [1.165, 1.54) is 11.1 Å². The van der Waals surface area contributed by atoms with Gasteiger partial charge in [-0.3, -0.25) is 4.79 Å². The predicted molar refractivity (Wildman–Crippen MR) is 104 cm³/mol. The van der Waals surface area contributed by atoms with Crippen LogP contribution in [0.15, 0.2) is 30.3 Å². The summed E-state index contributed by atoms with van der Waals surface area (Å²) in [6, 6.07) is 10.2. The predicted octanol–water partition coefficient (Wildman–Crippen LogP) is 5.23. The highest BCUT2D eigenvalue weighted by atomic mass is 16.5. The summed E-state index contributed by atoms with van der Waals surface area (Å²) in [5.41, 5.74) is 6.23. The van der Waals surface area contributed by atoms with Gasteiger partial charge in [0.05, 0.1) is 13.2 Å². The van der Waals surface area contributed by atoms with E-state index in [9.17, 15) is 4.79 Å². The smallest absolute Gasteiger partial charge is 0.252 e. The molecule has 2 rings (SSSR count). The molecular weight excluding hydrogens is 310 g/mol. The van der Waals surface area contributed by atoms with Crippen LogP contribution in [0.2, 0.25) is 0 Å². The van der Waals surface area contributed by atoms with E-state index in [4.69, 9.17) is 4.74 Å². The fourth-order valence-electron chi connectivity index (χ4n) is 3.15. The number of ether oxygens (including phenoxy) is 1. The number of benzene rings is 2.